The third kappa shape index (κ3) is 5.68. The second-order valence-electron chi connectivity index (χ2n) is 7.28. The number of likely N-dealkylation sites (N-methyl/N-ethyl adjacent to an activating group) is 1. The summed E-state index contributed by atoms with van der Waals surface area (Å²) in [5, 5.41) is 10.2. The molecule has 1 aliphatic carbocycles. The first-order valence-corrected chi connectivity index (χ1v) is 9.62. The van der Waals surface area contributed by atoms with Crippen LogP contribution >= 0.6 is 0 Å². The van der Waals surface area contributed by atoms with E-state index in [-0.39, 0.29) is 12.1 Å². The van der Waals surface area contributed by atoms with Crippen molar-refractivity contribution in [2.24, 2.45) is 0 Å². The van der Waals surface area contributed by atoms with Crippen LogP contribution in [0.4, 0.5) is 0 Å². The molecule has 0 spiro atoms. The van der Waals surface area contributed by atoms with Gasteiger partial charge in [-0.05, 0) is 37.6 Å². The lowest BCUT2D eigenvalue weighted by Gasteiger charge is -2.35. The molecule has 1 aromatic rings. The van der Waals surface area contributed by atoms with Gasteiger partial charge in [0.25, 0.3) is 0 Å². The van der Waals surface area contributed by atoms with Gasteiger partial charge in [0.15, 0.2) is 0 Å². The molecule has 5 nitrogen and oxygen atoms in total. The molecule has 5 heteroatoms. The van der Waals surface area contributed by atoms with Gasteiger partial charge >= 0.3 is 0 Å². The molecule has 2 atom stereocenters. The Labute approximate surface area is 151 Å². The number of rotatable bonds is 7. The molecule has 0 aromatic heterocycles. The summed E-state index contributed by atoms with van der Waals surface area (Å²) in [6.07, 6.45) is 4.20. The summed E-state index contributed by atoms with van der Waals surface area (Å²) in [4.78, 5) is 4.67. The van der Waals surface area contributed by atoms with E-state index < -0.39 is 0 Å². The highest BCUT2D eigenvalue weighted by molar-refractivity contribution is 5.28. The number of ether oxygens (including phenoxy) is 2. The Balaban J connectivity index is 1.47. The van der Waals surface area contributed by atoms with E-state index in [1.807, 2.05) is 6.07 Å². The predicted octanol–water partition coefficient (Wildman–Crippen LogP) is 2.13. The minimum atomic E-state index is -0.188. The molecule has 1 saturated carbocycles. The van der Waals surface area contributed by atoms with Gasteiger partial charge in [-0.15, -0.1) is 0 Å². The summed E-state index contributed by atoms with van der Waals surface area (Å²) >= 11 is 0. The number of hydrogen-bond acceptors (Lipinski definition) is 5. The molecule has 0 bridgehead atoms. The zero-order chi connectivity index (χ0) is 17.5. The zero-order valence-electron chi connectivity index (χ0n) is 15.4. The van der Waals surface area contributed by atoms with Crippen LogP contribution < -0.4 is 4.74 Å². The van der Waals surface area contributed by atoms with Crippen LogP contribution in [-0.2, 0) is 11.3 Å². The van der Waals surface area contributed by atoms with Crippen molar-refractivity contribution in [3.05, 3.63) is 29.8 Å². The van der Waals surface area contributed by atoms with Crippen LogP contribution in [0.1, 0.15) is 31.2 Å². The third-order valence-electron chi connectivity index (χ3n) is 5.37. The first kappa shape index (κ1) is 18.6. The number of nitrogens with zero attached hydrogens (tertiary/aromatic N) is 2. The van der Waals surface area contributed by atoms with Crippen molar-refractivity contribution >= 4 is 0 Å². The van der Waals surface area contributed by atoms with Gasteiger partial charge in [0.2, 0.25) is 0 Å². The molecule has 140 valence electrons. The number of morpholine rings is 1. The van der Waals surface area contributed by atoms with Crippen molar-refractivity contribution in [2.45, 2.75) is 44.4 Å². The number of hydrogen-bond donors (Lipinski definition) is 1. The van der Waals surface area contributed by atoms with Crippen LogP contribution in [0, 0.1) is 0 Å². The van der Waals surface area contributed by atoms with E-state index in [9.17, 15) is 5.11 Å². The average Bonchev–Trinajstić information content (AvgIpc) is 2.63. The van der Waals surface area contributed by atoms with Gasteiger partial charge in [-0.1, -0.05) is 25.0 Å². The Bertz CT molecular complexity index is 519. The fourth-order valence-corrected chi connectivity index (χ4v) is 3.86. The molecule has 2 aliphatic rings. The summed E-state index contributed by atoms with van der Waals surface area (Å²) in [7, 11) is 2.12. The summed E-state index contributed by atoms with van der Waals surface area (Å²) in [6.45, 7) is 6.16. The average molecular weight is 348 g/mol. The van der Waals surface area contributed by atoms with Gasteiger partial charge in [0.1, 0.15) is 12.4 Å². The van der Waals surface area contributed by atoms with Crippen molar-refractivity contribution in [2.75, 3.05) is 46.5 Å². The second kappa shape index (κ2) is 9.53. The lowest BCUT2D eigenvalue weighted by molar-refractivity contribution is 0.0287. The van der Waals surface area contributed by atoms with E-state index in [2.05, 4.69) is 35.0 Å². The van der Waals surface area contributed by atoms with Crippen LogP contribution in [0.2, 0.25) is 0 Å². The van der Waals surface area contributed by atoms with Gasteiger partial charge in [-0.3, -0.25) is 9.80 Å². The summed E-state index contributed by atoms with van der Waals surface area (Å²) in [5.41, 5.74) is 1.24. The monoisotopic (exact) mass is 348 g/mol. The van der Waals surface area contributed by atoms with Gasteiger partial charge in [-0.2, -0.15) is 0 Å². The number of aliphatic hydroxyl groups is 1. The standard InChI is InChI=1S/C20H32N2O3/c1-21(19-7-2-3-8-20(19)23)16-17-5-4-6-18(15-17)25-14-11-22-9-12-24-13-10-22/h4-6,15,19-20,23H,2-3,7-14,16H2,1H3. The lowest BCUT2D eigenvalue weighted by Crippen LogP contribution is -2.42. The first-order chi connectivity index (χ1) is 12.2. The van der Waals surface area contributed by atoms with E-state index in [0.29, 0.717) is 6.61 Å². The van der Waals surface area contributed by atoms with Gasteiger partial charge < -0.3 is 14.6 Å². The van der Waals surface area contributed by atoms with Crippen LogP contribution in [-0.4, -0.2) is 73.6 Å². The normalized spacial score (nSPS) is 25.2. The molecule has 1 aromatic carbocycles. The quantitative estimate of drug-likeness (QED) is 0.818. The van der Waals surface area contributed by atoms with E-state index in [1.54, 1.807) is 0 Å². The van der Waals surface area contributed by atoms with E-state index in [0.717, 1.165) is 64.4 Å². The fraction of sp³-hybridized carbons (Fsp3) is 0.700. The third-order valence-corrected chi connectivity index (χ3v) is 5.37. The number of aliphatic hydroxyl groups excluding tert-OH is 1. The molecule has 1 N–H and O–H groups in total. The summed E-state index contributed by atoms with van der Waals surface area (Å²) < 4.78 is 11.3. The molecule has 2 unspecified atom stereocenters. The van der Waals surface area contributed by atoms with Crippen molar-refractivity contribution in [3.63, 3.8) is 0 Å². The summed E-state index contributed by atoms with van der Waals surface area (Å²) in [6, 6.07) is 8.63. The van der Waals surface area contributed by atoms with Gasteiger partial charge in [0, 0.05) is 32.2 Å². The Morgan fingerprint density at radius 1 is 1.24 bits per heavy atom. The van der Waals surface area contributed by atoms with Gasteiger partial charge in [-0.25, -0.2) is 0 Å². The molecule has 1 aliphatic heterocycles. The van der Waals surface area contributed by atoms with Crippen LogP contribution in [0.25, 0.3) is 0 Å². The highest BCUT2D eigenvalue weighted by Crippen LogP contribution is 2.24. The maximum atomic E-state index is 10.2. The molecule has 0 radical (unpaired) electrons. The van der Waals surface area contributed by atoms with E-state index >= 15 is 0 Å². The maximum Gasteiger partial charge on any atom is 0.119 e. The first-order valence-electron chi connectivity index (χ1n) is 9.62. The van der Waals surface area contributed by atoms with Crippen molar-refractivity contribution in [1.29, 1.82) is 0 Å². The summed E-state index contributed by atoms with van der Waals surface area (Å²) in [5.74, 6) is 0.934. The molecule has 1 heterocycles. The minimum absolute atomic E-state index is 0.188. The molecule has 1 saturated heterocycles. The molecular formula is C20H32N2O3. The Morgan fingerprint density at radius 3 is 2.84 bits per heavy atom. The van der Waals surface area contributed by atoms with Crippen molar-refractivity contribution < 1.29 is 14.6 Å². The highest BCUT2D eigenvalue weighted by Gasteiger charge is 2.26. The maximum absolute atomic E-state index is 10.2. The molecule has 3 rings (SSSR count). The number of benzene rings is 1. The lowest BCUT2D eigenvalue weighted by atomic mass is 9.91. The van der Waals surface area contributed by atoms with Crippen LogP contribution in [0.5, 0.6) is 5.75 Å². The molecule has 25 heavy (non-hydrogen) atoms. The van der Waals surface area contributed by atoms with Crippen molar-refractivity contribution in [1.82, 2.24) is 9.80 Å². The predicted molar refractivity (Wildman–Crippen MR) is 98.9 cm³/mol. The molecule has 0 amide bonds. The fourth-order valence-electron chi connectivity index (χ4n) is 3.86. The minimum Gasteiger partial charge on any atom is -0.492 e. The van der Waals surface area contributed by atoms with E-state index in [4.69, 9.17) is 9.47 Å². The second-order valence-corrected chi connectivity index (χ2v) is 7.28. The Morgan fingerprint density at radius 2 is 2.04 bits per heavy atom. The zero-order valence-corrected chi connectivity index (χ0v) is 15.4. The van der Waals surface area contributed by atoms with Crippen molar-refractivity contribution in [3.8, 4) is 5.75 Å². The highest BCUT2D eigenvalue weighted by atomic mass is 16.5. The van der Waals surface area contributed by atoms with Crippen LogP contribution in [0.3, 0.4) is 0 Å². The SMILES string of the molecule is CN(Cc1cccc(OCCN2CCOCC2)c1)C1CCCCC1O. The topological polar surface area (TPSA) is 45.2 Å². The Hall–Kier alpha value is -1.14. The largest absolute Gasteiger partial charge is 0.492 e. The molecular weight excluding hydrogens is 316 g/mol. The molecule has 2 fully saturated rings. The van der Waals surface area contributed by atoms with Crippen LogP contribution in [0.15, 0.2) is 24.3 Å². The van der Waals surface area contributed by atoms with E-state index in [1.165, 1.54) is 12.0 Å². The Kier molecular flexibility index (Phi) is 7.11. The van der Waals surface area contributed by atoms with Gasteiger partial charge in [0.05, 0.1) is 19.3 Å². The smallest absolute Gasteiger partial charge is 0.119 e.